The Bertz CT molecular complexity index is 830. The second-order valence-corrected chi connectivity index (χ2v) is 6.57. The van der Waals surface area contributed by atoms with Gasteiger partial charge in [0.15, 0.2) is 0 Å². The summed E-state index contributed by atoms with van der Waals surface area (Å²) in [5, 5.41) is 8.44. The standard InChI is InChI=1S/C19H24F2N6O2/c1-13-24-16(12-17(25-13)27-9-2-3-10-27)22-7-8-23-19(28)26-14-5-4-6-15(11-14)29-18(20)21/h4-6,11-12,18H,2-3,7-10H2,1H3,(H,22,24,25)(H2,23,26,28). The summed E-state index contributed by atoms with van der Waals surface area (Å²) >= 11 is 0. The fourth-order valence-electron chi connectivity index (χ4n) is 3.04. The first-order valence-corrected chi connectivity index (χ1v) is 9.44. The number of carbonyl (C=O) groups is 1. The maximum Gasteiger partial charge on any atom is 0.387 e. The largest absolute Gasteiger partial charge is 0.435 e. The third-order valence-corrected chi connectivity index (χ3v) is 4.29. The molecule has 0 saturated carbocycles. The lowest BCUT2D eigenvalue weighted by molar-refractivity contribution is -0.0497. The van der Waals surface area contributed by atoms with Gasteiger partial charge < -0.3 is 25.6 Å². The van der Waals surface area contributed by atoms with Crippen molar-refractivity contribution >= 4 is 23.4 Å². The summed E-state index contributed by atoms with van der Waals surface area (Å²) in [4.78, 5) is 23.1. The van der Waals surface area contributed by atoms with E-state index in [0.29, 0.717) is 30.4 Å². The summed E-state index contributed by atoms with van der Waals surface area (Å²) in [7, 11) is 0. The third-order valence-electron chi connectivity index (χ3n) is 4.29. The van der Waals surface area contributed by atoms with Gasteiger partial charge in [-0.1, -0.05) is 6.07 Å². The number of hydrogen-bond acceptors (Lipinski definition) is 6. The highest BCUT2D eigenvalue weighted by Crippen LogP contribution is 2.21. The van der Waals surface area contributed by atoms with E-state index in [1.165, 1.54) is 31.0 Å². The number of benzene rings is 1. The first-order chi connectivity index (χ1) is 14.0. The number of amides is 2. The Morgan fingerprint density at radius 1 is 1.21 bits per heavy atom. The van der Waals surface area contributed by atoms with Crippen LogP contribution in [0.3, 0.4) is 0 Å². The van der Waals surface area contributed by atoms with Crippen molar-refractivity contribution in [3.8, 4) is 5.75 Å². The molecule has 1 aromatic heterocycles. The van der Waals surface area contributed by atoms with Crippen molar-refractivity contribution in [2.75, 3.05) is 41.7 Å². The van der Waals surface area contributed by atoms with E-state index in [1.54, 1.807) is 6.07 Å². The number of urea groups is 1. The number of anilines is 3. The van der Waals surface area contributed by atoms with Crippen LogP contribution >= 0.6 is 0 Å². The minimum atomic E-state index is -2.92. The molecule has 0 bridgehead atoms. The van der Waals surface area contributed by atoms with E-state index in [-0.39, 0.29) is 5.75 Å². The lowest BCUT2D eigenvalue weighted by Crippen LogP contribution is -2.32. The van der Waals surface area contributed by atoms with Crippen LogP contribution < -0.4 is 25.6 Å². The molecule has 1 aliphatic heterocycles. The average Bonchev–Trinajstić information content (AvgIpc) is 3.19. The SMILES string of the molecule is Cc1nc(NCCNC(=O)Nc2cccc(OC(F)F)c2)cc(N2CCCC2)n1. The molecule has 1 aromatic carbocycles. The third kappa shape index (κ3) is 6.44. The number of ether oxygens (including phenoxy) is 1. The van der Waals surface area contributed by atoms with Gasteiger partial charge in [0.1, 0.15) is 23.2 Å². The summed E-state index contributed by atoms with van der Waals surface area (Å²) in [5.74, 6) is 2.29. The fourth-order valence-corrected chi connectivity index (χ4v) is 3.04. The monoisotopic (exact) mass is 406 g/mol. The summed E-state index contributed by atoms with van der Waals surface area (Å²) in [6, 6.07) is 7.28. The van der Waals surface area contributed by atoms with Gasteiger partial charge in [-0.25, -0.2) is 14.8 Å². The van der Waals surface area contributed by atoms with Gasteiger partial charge >= 0.3 is 12.6 Å². The summed E-state index contributed by atoms with van der Waals surface area (Å²) in [5.41, 5.74) is 0.357. The first kappa shape index (κ1) is 20.6. The van der Waals surface area contributed by atoms with E-state index < -0.39 is 12.6 Å². The molecular formula is C19H24F2N6O2. The zero-order chi connectivity index (χ0) is 20.6. The lowest BCUT2D eigenvalue weighted by atomic mass is 10.3. The van der Waals surface area contributed by atoms with E-state index in [0.717, 1.165) is 18.9 Å². The quantitative estimate of drug-likeness (QED) is 0.583. The van der Waals surface area contributed by atoms with Crippen LogP contribution in [0.1, 0.15) is 18.7 Å². The number of nitrogens with zero attached hydrogens (tertiary/aromatic N) is 3. The highest BCUT2D eigenvalue weighted by molar-refractivity contribution is 5.89. The van der Waals surface area contributed by atoms with Crippen molar-refractivity contribution in [1.82, 2.24) is 15.3 Å². The number of aryl methyl sites for hydroxylation is 1. The van der Waals surface area contributed by atoms with Crippen molar-refractivity contribution in [2.24, 2.45) is 0 Å². The molecular weight excluding hydrogens is 382 g/mol. The minimum Gasteiger partial charge on any atom is -0.435 e. The number of carbonyl (C=O) groups excluding carboxylic acids is 1. The highest BCUT2D eigenvalue weighted by Gasteiger charge is 2.15. The molecule has 1 fully saturated rings. The number of hydrogen-bond donors (Lipinski definition) is 3. The Morgan fingerprint density at radius 2 is 2.00 bits per heavy atom. The van der Waals surface area contributed by atoms with Crippen molar-refractivity contribution in [1.29, 1.82) is 0 Å². The smallest absolute Gasteiger partial charge is 0.387 e. The predicted octanol–water partition coefficient (Wildman–Crippen LogP) is 3.22. The lowest BCUT2D eigenvalue weighted by Gasteiger charge is -2.18. The van der Waals surface area contributed by atoms with Crippen LogP contribution in [0.15, 0.2) is 30.3 Å². The first-order valence-electron chi connectivity index (χ1n) is 9.44. The van der Waals surface area contributed by atoms with Crippen LogP contribution in [-0.4, -0.2) is 48.8 Å². The van der Waals surface area contributed by atoms with Gasteiger partial charge in [-0.3, -0.25) is 0 Å². The molecule has 2 heterocycles. The maximum atomic E-state index is 12.3. The van der Waals surface area contributed by atoms with Crippen molar-refractivity contribution in [3.63, 3.8) is 0 Å². The van der Waals surface area contributed by atoms with Gasteiger partial charge in [0.05, 0.1) is 0 Å². The zero-order valence-corrected chi connectivity index (χ0v) is 16.1. The fraction of sp³-hybridized carbons (Fsp3) is 0.421. The van der Waals surface area contributed by atoms with Gasteiger partial charge in [0.25, 0.3) is 0 Å². The molecule has 0 unspecified atom stereocenters. The molecule has 0 radical (unpaired) electrons. The zero-order valence-electron chi connectivity index (χ0n) is 16.1. The Hall–Kier alpha value is -3.17. The molecule has 3 rings (SSSR count). The van der Waals surface area contributed by atoms with Gasteiger partial charge in [0, 0.05) is 44.0 Å². The minimum absolute atomic E-state index is 0.0209. The molecule has 8 nitrogen and oxygen atoms in total. The van der Waals surface area contributed by atoms with Gasteiger partial charge in [-0.2, -0.15) is 8.78 Å². The summed E-state index contributed by atoms with van der Waals surface area (Å²) in [6.07, 6.45) is 2.34. The number of nitrogens with one attached hydrogen (secondary N) is 3. The van der Waals surface area contributed by atoms with Gasteiger partial charge in [-0.05, 0) is 31.9 Å². The Morgan fingerprint density at radius 3 is 2.76 bits per heavy atom. The topological polar surface area (TPSA) is 91.4 Å². The molecule has 156 valence electrons. The van der Waals surface area contributed by atoms with Gasteiger partial charge in [0.2, 0.25) is 0 Å². The molecule has 29 heavy (non-hydrogen) atoms. The van der Waals surface area contributed by atoms with Crippen LogP contribution in [0, 0.1) is 6.92 Å². The molecule has 3 N–H and O–H groups in total. The van der Waals surface area contributed by atoms with E-state index in [9.17, 15) is 13.6 Å². The molecule has 1 saturated heterocycles. The Balaban J connectivity index is 1.44. The normalized spacial score (nSPS) is 13.4. The van der Waals surface area contributed by atoms with Crippen LogP contribution in [0.5, 0.6) is 5.75 Å². The predicted molar refractivity (Wildman–Crippen MR) is 107 cm³/mol. The molecule has 10 heteroatoms. The maximum absolute atomic E-state index is 12.3. The van der Waals surface area contributed by atoms with E-state index >= 15 is 0 Å². The van der Waals surface area contributed by atoms with Crippen LogP contribution in [0.25, 0.3) is 0 Å². The Labute approximate surface area is 167 Å². The van der Waals surface area contributed by atoms with Crippen molar-refractivity contribution in [2.45, 2.75) is 26.4 Å². The second-order valence-electron chi connectivity index (χ2n) is 6.57. The summed E-state index contributed by atoms with van der Waals surface area (Å²) < 4.78 is 28.8. The second kappa shape index (κ2) is 9.85. The van der Waals surface area contributed by atoms with Crippen LogP contribution in [-0.2, 0) is 0 Å². The molecule has 1 aliphatic rings. The number of rotatable bonds is 8. The average molecular weight is 406 g/mol. The Kier molecular flexibility index (Phi) is 6.99. The van der Waals surface area contributed by atoms with Crippen LogP contribution in [0.4, 0.5) is 30.9 Å². The molecule has 0 spiro atoms. The van der Waals surface area contributed by atoms with E-state index in [2.05, 4.69) is 35.6 Å². The molecule has 0 atom stereocenters. The number of aromatic nitrogens is 2. The molecule has 2 amide bonds. The van der Waals surface area contributed by atoms with E-state index in [4.69, 9.17) is 0 Å². The van der Waals surface area contributed by atoms with Crippen molar-refractivity contribution < 1.29 is 18.3 Å². The van der Waals surface area contributed by atoms with Gasteiger partial charge in [-0.15, -0.1) is 0 Å². The van der Waals surface area contributed by atoms with E-state index in [1.807, 2.05) is 13.0 Å². The molecule has 0 aliphatic carbocycles. The van der Waals surface area contributed by atoms with Crippen LogP contribution in [0.2, 0.25) is 0 Å². The number of halogens is 2. The summed E-state index contributed by atoms with van der Waals surface area (Å²) in [6.45, 7) is 1.76. The van der Waals surface area contributed by atoms with Crippen molar-refractivity contribution in [3.05, 3.63) is 36.2 Å². The molecule has 2 aromatic rings. The number of alkyl halides is 2. The highest BCUT2D eigenvalue weighted by atomic mass is 19.3.